The molecule has 3 N–H and O–H groups in total. The van der Waals surface area contributed by atoms with Crippen LogP contribution in [-0.4, -0.2) is 27.8 Å². The van der Waals surface area contributed by atoms with E-state index in [0.29, 0.717) is 28.8 Å². The third kappa shape index (κ3) is 2.88. The molecule has 0 saturated carbocycles. The smallest absolute Gasteiger partial charge is 0.248 e. The lowest BCUT2D eigenvalue weighted by Crippen LogP contribution is -2.32. The number of ether oxygens (including phenoxy) is 1. The zero-order valence-corrected chi connectivity index (χ0v) is 15.3. The van der Waals surface area contributed by atoms with E-state index in [9.17, 15) is 9.18 Å². The van der Waals surface area contributed by atoms with Crippen LogP contribution in [-0.2, 0) is 4.79 Å². The van der Waals surface area contributed by atoms with Crippen LogP contribution in [0.1, 0.15) is 18.5 Å². The Kier molecular flexibility index (Phi) is 4.31. The monoisotopic (exact) mass is 379 g/mol. The third-order valence-corrected chi connectivity index (χ3v) is 4.67. The maximum atomic E-state index is 14.6. The molecule has 2 aromatic carbocycles. The third-order valence-electron chi connectivity index (χ3n) is 4.67. The van der Waals surface area contributed by atoms with Gasteiger partial charge in [0.2, 0.25) is 11.9 Å². The summed E-state index contributed by atoms with van der Waals surface area (Å²) in [4.78, 5) is 16.7. The van der Waals surface area contributed by atoms with Crippen LogP contribution in [0.4, 0.5) is 10.3 Å². The zero-order valence-electron chi connectivity index (χ0n) is 15.3. The summed E-state index contributed by atoms with van der Waals surface area (Å²) in [5.41, 5.74) is 7.42. The van der Waals surface area contributed by atoms with Crippen LogP contribution in [0, 0.1) is 5.82 Å². The second-order valence-electron chi connectivity index (χ2n) is 6.38. The predicted octanol–water partition coefficient (Wildman–Crippen LogP) is 2.87. The number of fused-ring (bicyclic) bond motifs is 1. The van der Waals surface area contributed by atoms with Gasteiger partial charge in [-0.3, -0.25) is 4.79 Å². The molecule has 3 aromatic rings. The van der Waals surface area contributed by atoms with Gasteiger partial charge in [0.15, 0.2) is 5.82 Å². The Morgan fingerprint density at radius 3 is 2.57 bits per heavy atom. The number of hydrogen-bond donors (Lipinski definition) is 2. The molecule has 0 fully saturated rings. The summed E-state index contributed by atoms with van der Waals surface area (Å²) < 4.78 is 21.2. The number of nitrogens with zero attached hydrogens (tertiary/aromatic N) is 3. The van der Waals surface area contributed by atoms with Crippen molar-refractivity contribution in [2.75, 3.05) is 12.4 Å². The lowest BCUT2D eigenvalue weighted by molar-refractivity contribution is -0.115. The van der Waals surface area contributed by atoms with E-state index in [2.05, 4.69) is 15.4 Å². The normalized spacial score (nSPS) is 15.8. The summed E-state index contributed by atoms with van der Waals surface area (Å²) in [6, 6.07) is 12.7. The van der Waals surface area contributed by atoms with Crippen molar-refractivity contribution in [1.29, 1.82) is 0 Å². The Bertz CT molecular complexity index is 1090. The lowest BCUT2D eigenvalue weighted by atomic mass is 9.95. The molecule has 142 valence electrons. The van der Waals surface area contributed by atoms with Crippen molar-refractivity contribution in [2.24, 2.45) is 5.73 Å². The topological polar surface area (TPSA) is 95.1 Å². The molecule has 1 amide bonds. The predicted molar refractivity (Wildman–Crippen MR) is 102 cm³/mol. The number of rotatable bonds is 4. The number of carbonyl (C=O) groups is 1. The van der Waals surface area contributed by atoms with Crippen LogP contribution >= 0.6 is 0 Å². The quantitative estimate of drug-likeness (QED) is 0.727. The highest BCUT2D eigenvalue weighted by Gasteiger charge is 2.34. The number of benzene rings is 2. The number of amides is 1. The standard InChI is InChI=1S/C20H18FN5O2/c1-11-16(18(22)27)17(14-5-3-4-6-15(14)21)26-20(23-11)24-19(25-26)12-7-9-13(28-2)10-8-12/h3-10,17H,1-2H3,(H2,22,27)(H,23,24,25)/t17-/m1/s1. The average Bonchev–Trinajstić information content (AvgIpc) is 3.11. The van der Waals surface area contributed by atoms with Crippen molar-refractivity contribution in [3.63, 3.8) is 0 Å². The Morgan fingerprint density at radius 2 is 1.93 bits per heavy atom. The fraction of sp³-hybridized carbons (Fsp3) is 0.150. The summed E-state index contributed by atoms with van der Waals surface area (Å²) in [5.74, 6) is 0.453. The van der Waals surface area contributed by atoms with Crippen molar-refractivity contribution in [2.45, 2.75) is 13.0 Å². The fourth-order valence-corrected chi connectivity index (χ4v) is 3.32. The number of carbonyl (C=O) groups excluding carboxylic acids is 1. The van der Waals surface area contributed by atoms with Gasteiger partial charge >= 0.3 is 0 Å². The number of nitrogens with one attached hydrogen (secondary N) is 1. The molecule has 0 unspecified atom stereocenters. The number of methoxy groups -OCH3 is 1. The van der Waals surface area contributed by atoms with Crippen LogP contribution in [0.3, 0.4) is 0 Å². The van der Waals surface area contributed by atoms with Crippen molar-refractivity contribution >= 4 is 11.9 Å². The SMILES string of the molecule is COc1ccc(-c2nc3n(n2)[C@H](c2ccccc2F)C(C(N)=O)=C(C)N3)cc1. The fourth-order valence-electron chi connectivity index (χ4n) is 3.32. The minimum atomic E-state index is -0.811. The molecule has 0 spiro atoms. The van der Waals surface area contributed by atoms with Gasteiger partial charge in [-0.15, -0.1) is 5.10 Å². The Balaban J connectivity index is 1.86. The molecule has 2 heterocycles. The molecule has 0 radical (unpaired) electrons. The number of primary amides is 1. The Labute approximate surface area is 160 Å². The summed E-state index contributed by atoms with van der Waals surface area (Å²) >= 11 is 0. The molecule has 8 heteroatoms. The maximum absolute atomic E-state index is 14.6. The maximum Gasteiger partial charge on any atom is 0.248 e. The number of nitrogens with two attached hydrogens (primary N) is 1. The molecule has 0 bridgehead atoms. The number of aromatic nitrogens is 3. The summed E-state index contributed by atoms with van der Waals surface area (Å²) in [6.45, 7) is 1.71. The van der Waals surface area contributed by atoms with Gasteiger partial charge in [-0.2, -0.15) is 4.98 Å². The molecule has 1 aromatic heterocycles. The van der Waals surface area contributed by atoms with Gasteiger partial charge in [-0.25, -0.2) is 9.07 Å². The van der Waals surface area contributed by atoms with Gasteiger partial charge in [0, 0.05) is 16.8 Å². The van der Waals surface area contributed by atoms with Crippen LogP contribution in [0.15, 0.2) is 59.8 Å². The van der Waals surface area contributed by atoms with Gasteiger partial charge in [-0.1, -0.05) is 18.2 Å². The largest absolute Gasteiger partial charge is 0.497 e. The molecule has 4 rings (SSSR count). The van der Waals surface area contributed by atoms with E-state index in [1.54, 1.807) is 44.4 Å². The summed E-state index contributed by atoms with van der Waals surface area (Å²) in [5, 5.41) is 7.58. The number of anilines is 1. The van der Waals surface area contributed by atoms with Crippen molar-refractivity contribution in [3.8, 4) is 17.1 Å². The van der Waals surface area contributed by atoms with Gasteiger partial charge in [-0.05, 0) is 37.3 Å². The first-order valence-corrected chi connectivity index (χ1v) is 8.62. The minimum Gasteiger partial charge on any atom is -0.497 e. The van der Waals surface area contributed by atoms with Gasteiger partial charge < -0.3 is 15.8 Å². The first kappa shape index (κ1) is 17.7. The second kappa shape index (κ2) is 6.80. The van der Waals surface area contributed by atoms with Crippen LogP contribution in [0.25, 0.3) is 11.4 Å². The van der Waals surface area contributed by atoms with E-state index in [1.807, 2.05) is 12.1 Å². The Morgan fingerprint density at radius 1 is 1.21 bits per heavy atom. The Hall–Kier alpha value is -3.68. The van der Waals surface area contributed by atoms with Crippen molar-refractivity contribution in [3.05, 3.63) is 71.2 Å². The van der Waals surface area contributed by atoms with E-state index >= 15 is 0 Å². The summed E-state index contributed by atoms with van der Waals surface area (Å²) in [6.07, 6.45) is 0. The van der Waals surface area contributed by atoms with E-state index in [4.69, 9.17) is 10.5 Å². The molecule has 0 saturated heterocycles. The molecular formula is C20H18FN5O2. The molecular weight excluding hydrogens is 361 g/mol. The van der Waals surface area contributed by atoms with E-state index in [0.717, 1.165) is 5.56 Å². The molecule has 7 nitrogen and oxygen atoms in total. The zero-order chi connectivity index (χ0) is 19.8. The average molecular weight is 379 g/mol. The van der Waals surface area contributed by atoms with E-state index < -0.39 is 17.8 Å². The van der Waals surface area contributed by atoms with Crippen LogP contribution in [0.2, 0.25) is 0 Å². The highest BCUT2D eigenvalue weighted by molar-refractivity contribution is 5.95. The molecule has 28 heavy (non-hydrogen) atoms. The molecule has 0 aliphatic carbocycles. The van der Waals surface area contributed by atoms with Crippen LogP contribution in [0.5, 0.6) is 5.75 Å². The number of hydrogen-bond acceptors (Lipinski definition) is 5. The summed E-state index contributed by atoms with van der Waals surface area (Å²) in [7, 11) is 1.59. The van der Waals surface area contributed by atoms with Gasteiger partial charge in [0.25, 0.3) is 0 Å². The first-order valence-electron chi connectivity index (χ1n) is 8.62. The molecule has 1 aliphatic rings. The van der Waals surface area contributed by atoms with E-state index in [-0.39, 0.29) is 5.57 Å². The highest BCUT2D eigenvalue weighted by Crippen LogP contribution is 2.37. The van der Waals surface area contributed by atoms with Crippen LogP contribution < -0.4 is 15.8 Å². The lowest BCUT2D eigenvalue weighted by Gasteiger charge is -2.27. The van der Waals surface area contributed by atoms with E-state index in [1.165, 1.54) is 10.7 Å². The van der Waals surface area contributed by atoms with Crippen molar-refractivity contribution in [1.82, 2.24) is 14.8 Å². The first-order chi connectivity index (χ1) is 13.5. The molecule has 1 aliphatic heterocycles. The van der Waals surface area contributed by atoms with Gasteiger partial charge in [0.05, 0.1) is 12.7 Å². The second-order valence-corrected chi connectivity index (χ2v) is 6.38. The molecule has 1 atom stereocenters. The van der Waals surface area contributed by atoms with Gasteiger partial charge in [0.1, 0.15) is 17.6 Å². The highest BCUT2D eigenvalue weighted by atomic mass is 19.1. The minimum absolute atomic E-state index is 0.240. The number of allylic oxidation sites excluding steroid dienone is 1. The van der Waals surface area contributed by atoms with Crippen molar-refractivity contribution < 1.29 is 13.9 Å². The number of halogens is 1.